The van der Waals surface area contributed by atoms with E-state index in [4.69, 9.17) is 0 Å². The average Bonchev–Trinajstić information content (AvgIpc) is 3.51. The van der Waals surface area contributed by atoms with Gasteiger partial charge < -0.3 is 4.57 Å². The zero-order chi connectivity index (χ0) is 21.5. The van der Waals surface area contributed by atoms with Crippen LogP contribution in [0.5, 0.6) is 0 Å². The second-order valence-electron chi connectivity index (χ2n) is 9.15. The second-order valence-corrected chi connectivity index (χ2v) is 11.2. The van der Waals surface area contributed by atoms with Gasteiger partial charge in [-0.2, -0.15) is 5.26 Å². The summed E-state index contributed by atoms with van der Waals surface area (Å²) in [6.45, 7) is 7.59. The summed E-state index contributed by atoms with van der Waals surface area (Å²) in [6, 6.07) is 11.9. The van der Waals surface area contributed by atoms with Crippen molar-refractivity contribution in [2.45, 2.75) is 52.0 Å². The molecule has 0 radical (unpaired) electrons. The van der Waals surface area contributed by atoms with E-state index in [0.29, 0.717) is 5.69 Å². The minimum Gasteiger partial charge on any atom is -0.347 e. The maximum atomic E-state index is 12.3. The zero-order valence-corrected chi connectivity index (χ0v) is 18.3. The lowest BCUT2D eigenvalue weighted by Gasteiger charge is -2.20. The van der Waals surface area contributed by atoms with Gasteiger partial charge in [-0.1, -0.05) is 32.9 Å². The first-order valence-corrected chi connectivity index (χ1v) is 11.7. The molecule has 0 amide bonds. The molecule has 0 atom stereocenters. The number of hydrogen-bond donors (Lipinski definition) is 1. The summed E-state index contributed by atoms with van der Waals surface area (Å²) in [6.07, 6.45) is 5.16. The molecule has 0 saturated heterocycles. The number of aromatic nitrogens is 2. The van der Waals surface area contributed by atoms with Gasteiger partial charge in [0.15, 0.2) is 0 Å². The van der Waals surface area contributed by atoms with Gasteiger partial charge in [0.2, 0.25) is 10.0 Å². The molecule has 1 saturated carbocycles. The minimum atomic E-state index is -3.24. The van der Waals surface area contributed by atoms with Crippen LogP contribution in [0, 0.1) is 16.7 Å². The number of nitriles is 1. The molecule has 1 fully saturated rings. The number of pyridine rings is 1. The molecular formula is C23H26N4O2S. The number of sulfonamides is 1. The quantitative estimate of drug-likeness (QED) is 0.645. The lowest BCUT2D eigenvalue weighted by Crippen LogP contribution is -2.26. The molecular weight excluding hydrogens is 396 g/mol. The van der Waals surface area contributed by atoms with Crippen LogP contribution in [0.25, 0.3) is 22.0 Å². The molecule has 3 aromatic rings. The van der Waals surface area contributed by atoms with Crippen LogP contribution in [-0.4, -0.2) is 23.2 Å². The Kier molecular flexibility index (Phi) is 5.16. The Hall–Kier alpha value is -2.69. The summed E-state index contributed by atoms with van der Waals surface area (Å²) in [7, 11) is -3.24. The number of fused-ring (bicyclic) bond motifs is 1. The Bertz CT molecular complexity index is 1240. The van der Waals surface area contributed by atoms with Crippen molar-refractivity contribution < 1.29 is 8.42 Å². The molecule has 2 aromatic heterocycles. The molecule has 0 aliphatic heterocycles. The summed E-state index contributed by atoms with van der Waals surface area (Å²) in [5.41, 5.74) is 4.14. The maximum Gasteiger partial charge on any atom is 0.214 e. The van der Waals surface area contributed by atoms with E-state index >= 15 is 0 Å². The van der Waals surface area contributed by atoms with Crippen LogP contribution in [0.1, 0.15) is 44.9 Å². The highest BCUT2D eigenvalue weighted by Crippen LogP contribution is 2.32. The van der Waals surface area contributed by atoms with Gasteiger partial charge in [-0.15, -0.1) is 0 Å². The van der Waals surface area contributed by atoms with Crippen molar-refractivity contribution in [1.82, 2.24) is 14.3 Å². The van der Waals surface area contributed by atoms with E-state index in [9.17, 15) is 13.7 Å². The summed E-state index contributed by atoms with van der Waals surface area (Å²) in [5.74, 6) is 0. The first-order chi connectivity index (χ1) is 14.2. The molecule has 6 nitrogen and oxygen atoms in total. The van der Waals surface area contributed by atoms with Gasteiger partial charge in [0, 0.05) is 41.9 Å². The van der Waals surface area contributed by atoms with E-state index in [0.717, 1.165) is 47.0 Å². The van der Waals surface area contributed by atoms with Gasteiger partial charge in [-0.3, -0.25) is 0 Å². The van der Waals surface area contributed by atoms with Crippen LogP contribution in [0.15, 0.2) is 42.7 Å². The molecule has 0 unspecified atom stereocenters. The Labute approximate surface area is 177 Å². The number of nitrogens with one attached hydrogen (secondary N) is 1. The van der Waals surface area contributed by atoms with Crippen molar-refractivity contribution in [2.75, 3.05) is 0 Å². The maximum absolute atomic E-state index is 12.3. The Morgan fingerprint density at radius 1 is 1.27 bits per heavy atom. The first-order valence-electron chi connectivity index (χ1n) is 10.1. The molecule has 2 heterocycles. The van der Waals surface area contributed by atoms with Gasteiger partial charge in [0.1, 0.15) is 11.8 Å². The van der Waals surface area contributed by atoms with Crippen LogP contribution >= 0.6 is 0 Å². The Balaban J connectivity index is 1.77. The number of hydrogen-bond acceptors (Lipinski definition) is 4. The van der Waals surface area contributed by atoms with E-state index in [1.807, 2.05) is 30.5 Å². The van der Waals surface area contributed by atoms with Crippen molar-refractivity contribution in [2.24, 2.45) is 5.41 Å². The lowest BCUT2D eigenvalue weighted by molar-refractivity contribution is 0.349. The first kappa shape index (κ1) is 20.6. The van der Waals surface area contributed by atoms with E-state index < -0.39 is 10.0 Å². The summed E-state index contributed by atoms with van der Waals surface area (Å²) in [5, 5.41) is 10.2. The van der Waals surface area contributed by atoms with Crippen LogP contribution in [0.2, 0.25) is 0 Å². The minimum absolute atomic E-state index is 0.0544. The largest absolute Gasteiger partial charge is 0.347 e. The molecule has 1 aliphatic carbocycles. The standard InChI is InChI=1S/C23H26N4O2S/c1-23(2,3)15-27-14-17(13-26-30(28,29)18-7-8-18)20-9-6-16(11-22(20)27)19-5-4-10-25-21(19)12-24/h4-6,9-11,14,18,26H,7-8,13,15H2,1-3H3. The highest BCUT2D eigenvalue weighted by molar-refractivity contribution is 7.90. The van der Waals surface area contributed by atoms with E-state index in [2.05, 4.69) is 47.2 Å². The van der Waals surface area contributed by atoms with E-state index in [-0.39, 0.29) is 17.2 Å². The highest BCUT2D eigenvalue weighted by Gasteiger charge is 2.35. The topological polar surface area (TPSA) is 87.8 Å². The van der Waals surface area contributed by atoms with E-state index in [1.165, 1.54) is 0 Å². The third kappa shape index (κ3) is 4.25. The lowest BCUT2D eigenvalue weighted by atomic mass is 9.96. The summed E-state index contributed by atoms with van der Waals surface area (Å²) >= 11 is 0. The van der Waals surface area contributed by atoms with Crippen molar-refractivity contribution in [3.8, 4) is 17.2 Å². The number of benzene rings is 1. The molecule has 30 heavy (non-hydrogen) atoms. The highest BCUT2D eigenvalue weighted by atomic mass is 32.2. The predicted molar refractivity (Wildman–Crippen MR) is 118 cm³/mol. The smallest absolute Gasteiger partial charge is 0.214 e. The SMILES string of the molecule is CC(C)(C)Cn1cc(CNS(=O)(=O)C2CC2)c2ccc(-c3cccnc3C#N)cc21. The molecule has 4 rings (SSSR count). The average molecular weight is 423 g/mol. The molecule has 0 spiro atoms. The molecule has 7 heteroatoms. The van der Waals surface area contributed by atoms with E-state index in [1.54, 1.807) is 6.20 Å². The van der Waals surface area contributed by atoms with Crippen molar-refractivity contribution in [1.29, 1.82) is 5.26 Å². The van der Waals surface area contributed by atoms with Crippen LogP contribution in [-0.2, 0) is 23.1 Å². The van der Waals surface area contributed by atoms with Gasteiger partial charge in [0.05, 0.1) is 5.25 Å². The molecule has 156 valence electrons. The molecule has 1 N–H and O–H groups in total. The van der Waals surface area contributed by atoms with Crippen LogP contribution in [0.4, 0.5) is 0 Å². The van der Waals surface area contributed by atoms with Gasteiger partial charge in [-0.25, -0.2) is 18.1 Å². The van der Waals surface area contributed by atoms with Crippen LogP contribution in [0.3, 0.4) is 0 Å². The molecule has 1 aliphatic rings. The summed E-state index contributed by atoms with van der Waals surface area (Å²) < 4.78 is 29.5. The number of rotatable bonds is 6. The monoisotopic (exact) mass is 422 g/mol. The fourth-order valence-corrected chi connectivity index (χ4v) is 5.07. The molecule has 0 bridgehead atoms. The predicted octanol–water partition coefficient (Wildman–Crippen LogP) is 4.20. The van der Waals surface area contributed by atoms with Crippen molar-refractivity contribution in [3.63, 3.8) is 0 Å². The zero-order valence-electron chi connectivity index (χ0n) is 17.5. The number of nitrogens with zero attached hydrogens (tertiary/aromatic N) is 3. The normalized spacial score (nSPS) is 14.7. The van der Waals surface area contributed by atoms with Gasteiger partial charge in [-0.05, 0) is 47.6 Å². The van der Waals surface area contributed by atoms with Gasteiger partial charge >= 0.3 is 0 Å². The molecule has 1 aromatic carbocycles. The third-order valence-corrected chi connectivity index (χ3v) is 7.16. The second kappa shape index (κ2) is 7.53. The van der Waals surface area contributed by atoms with Crippen molar-refractivity contribution >= 4 is 20.9 Å². The summed E-state index contributed by atoms with van der Waals surface area (Å²) in [4.78, 5) is 4.17. The Morgan fingerprint density at radius 2 is 2.03 bits per heavy atom. The van der Waals surface area contributed by atoms with Gasteiger partial charge in [0.25, 0.3) is 0 Å². The third-order valence-electron chi connectivity index (χ3n) is 5.26. The Morgan fingerprint density at radius 3 is 2.70 bits per heavy atom. The fourth-order valence-electron chi connectivity index (χ4n) is 3.72. The fraction of sp³-hybridized carbons (Fsp3) is 0.391. The van der Waals surface area contributed by atoms with Crippen molar-refractivity contribution in [3.05, 3.63) is 54.0 Å². The van der Waals surface area contributed by atoms with Crippen LogP contribution < -0.4 is 4.72 Å².